The Hall–Kier alpha value is -2.09. The maximum absolute atomic E-state index is 12.2. The molecule has 2 heterocycles. The first-order valence-electron chi connectivity index (χ1n) is 8.22. The molecule has 0 saturated carbocycles. The second kappa shape index (κ2) is 8.53. The van der Waals surface area contributed by atoms with Crippen LogP contribution < -0.4 is 0 Å². The smallest absolute Gasteiger partial charge is 0.338 e. The fourth-order valence-electron chi connectivity index (χ4n) is 2.71. The van der Waals surface area contributed by atoms with Crippen molar-refractivity contribution in [2.45, 2.75) is 6.54 Å². The standard InChI is InChI=1S/C18H19ClN2O4S/c19-16-6-5-15(26-16)11-20-7-9-21(10-8-20)17(23)12-25-18(24)13-1-3-14(22)4-2-13/h1-6,22H,7-12H2. The van der Waals surface area contributed by atoms with Crippen LogP contribution in [0.5, 0.6) is 5.75 Å². The van der Waals surface area contributed by atoms with Crippen molar-refractivity contribution in [3.8, 4) is 5.75 Å². The number of carbonyl (C=O) groups is 2. The van der Waals surface area contributed by atoms with Crippen LogP contribution in [-0.2, 0) is 16.1 Å². The molecular weight excluding hydrogens is 376 g/mol. The van der Waals surface area contributed by atoms with Gasteiger partial charge in [-0.1, -0.05) is 11.6 Å². The van der Waals surface area contributed by atoms with E-state index in [2.05, 4.69) is 4.90 Å². The Morgan fingerprint density at radius 2 is 1.77 bits per heavy atom. The largest absolute Gasteiger partial charge is 0.508 e. The van der Waals surface area contributed by atoms with Crippen LogP contribution in [-0.4, -0.2) is 59.6 Å². The molecular formula is C18H19ClN2O4S. The second-order valence-corrected chi connectivity index (χ2v) is 7.79. The van der Waals surface area contributed by atoms with E-state index < -0.39 is 5.97 Å². The molecule has 0 radical (unpaired) electrons. The number of carbonyl (C=O) groups excluding carboxylic acids is 2. The third-order valence-electron chi connectivity index (χ3n) is 4.16. The third kappa shape index (κ3) is 4.97. The van der Waals surface area contributed by atoms with Crippen LogP contribution in [0.3, 0.4) is 0 Å². The number of hydrogen-bond acceptors (Lipinski definition) is 6. The predicted molar refractivity (Wildman–Crippen MR) is 99.6 cm³/mol. The summed E-state index contributed by atoms with van der Waals surface area (Å²) in [6.45, 7) is 3.30. The monoisotopic (exact) mass is 394 g/mol. The van der Waals surface area contributed by atoms with Gasteiger partial charge in [0.15, 0.2) is 6.61 Å². The van der Waals surface area contributed by atoms with Gasteiger partial charge in [0.2, 0.25) is 0 Å². The molecule has 0 bridgehead atoms. The molecule has 1 N–H and O–H groups in total. The second-order valence-electron chi connectivity index (χ2n) is 5.99. The van der Waals surface area contributed by atoms with Gasteiger partial charge in [-0.15, -0.1) is 11.3 Å². The number of hydrogen-bond donors (Lipinski definition) is 1. The highest BCUT2D eigenvalue weighted by Gasteiger charge is 2.22. The summed E-state index contributed by atoms with van der Waals surface area (Å²) in [6, 6.07) is 9.63. The van der Waals surface area contributed by atoms with Gasteiger partial charge in [0.1, 0.15) is 5.75 Å². The lowest BCUT2D eigenvalue weighted by atomic mass is 10.2. The van der Waals surface area contributed by atoms with Crippen molar-refractivity contribution >= 4 is 34.8 Å². The number of aromatic hydroxyl groups is 1. The van der Waals surface area contributed by atoms with Crippen LogP contribution in [0, 0.1) is 0 Å². The van der Waals surface area contributed by atoms with Gasteiger partial charge in [-0.05, 0) is 36.4 Å². The molecule has 1 amide bonds. The number of thiophene rings is 1. The van der Waals surface area contributed by atoms with Gasteiger partial charge in [0.05, 0.1) is 9.90 Å². The average Bonchev–Trinajstić information content (AvgIpc) is 3.05. The lowest BCUT2D eigenvalue weighted by molar-refractivity contribution is -0.136. The van der Waals surface area contributed by atoms with Gasteiger partial charge in [-0.2, -0.15) is 0 Å². The number of piperazine rings is 1. The van der Waals surface area contributed by atoms with Crippen molar-refractivity contribution in [1.29, 1.82) is 0 Å². The zero-order valence-electron chi connectivity index (χ0n) is 14.1. The highest BCUT2D eigenvalue weighted by molar-refractivity contribution is 7.16. The van der Waals surface area contributed by atoms with Gasteiger partial charge in [-0.25, -0.2) is 4.79 Å². The Morgan fingerprint density at radius 1 is 1.08 bits per heavy atom. The Bertz CT molecular complexity index is 770. The summed E-state index contributed by atoms with van der Waals surface area (Å²) < 4.78 is 5.85. The zero-order chi connectivity index (χ0) is 18.5. The van der Waals surface area contributed by atoms with Crippen LogP contribution in [0.25, 0.3) is 0 Å². The first-order valence-corrected chi connectivity index (χ1v) is 9.41. The van der Waals surface area contributed by atoms with E-state index in [9.17, 15) is 14.7 Å². The molecule has 1 fully saturated rings. The number of benzene rings is 1. The van der Waals surface area contributed by atoms with Crippen molar-refractivity contribution < 1.29 is 19.4 Å². The summed E-state index contributed by atoms with van der Waals surface area (Å²) in [7, 11) is 0. The molecule has 1 aliphatic rings. The van der Waals surface area contributed by atoms with E-state index in [-0.39, 0.29) is 18.3 Å². The van der Waals surface area contributed by atoms with Gasteiger partial charge in [0, 0.05) is 37.6 Å². The number of amides is 1. The number of phenols is 1. The van der Waals surface area contributed by atoms with E-state index in [0.717, 1.165) is 24.0 Å². The van der Waals surface area contributed by atoms with Gasteiger partial charge < -0.3 is 14.7 Å². The molecule has 0 aliphatic carbocycles. The Balaban J connectivity index is 1.42. The van der Waals surface area contributed by atoms with Crippen LogP contribution in [0.4, 0.5) is 0 Å². The zero-order valence-corrected chi connectivity index (χ0v) is 15.6. The lowest BCUT2D eigenvalue weighted by Crippen LogP contribution is -2.49. The minimum absolute atomic E-state index is 0.0697. The summed E-state index contributed by atoms with van der Waals surface area (Å²) in [6.07, 6.45) is 0. The SMILES string of the molecule is O=C(OCC(=O)N1CCN(Cc2ccc(Cl)s2)CC1)c1ccc(O)cc1. The number of halogens is 1. The van der Waals surface area contributed by atoms with Crippen LogP contribution in [0.1, 0.15) is 15.2 Å². The lowest BCUT2D eigenvalue weighted by Gasteiger charge is -2.34. The fourth-order valence-corrected chi connectivity index (χ4v) is 3.84. The quantitative estimate of drug-likeness (QED) is 0.789. The molecule has 2 aromatic rings. The number of esters is 1. The highest BCUT2D eigenvalue weighted by atomic mass is 35.5. The molecule has 6 nitrogen and oxygen atoms in total. The molecule has 26 heavy (non-hydrogen) atoms. The molecule has 0 spiro atoms. The molecule has 1 saturated heterocycles. The topological polar surface area (TPSA) is 70.1 Å². The van der Waals surface area contributed by atoms with Crippen molar-refractivity contribution in [3.63, 3.8) is 0 Å². The van der Waals surface area contributed by atoms with Crippen molar-refractivity contribution in [2.24, 2.45) is 0 Å². The Labute approximate surface area is 160 Å². The molecule has 1 aromatic heterocycles. The average molecular weight is 395 g/mol. The molecule has 8 heteroatoms. The van der Waals surface area contributed by atoms with E-state index in [1.807, 2.05) is 12.1 Å². The summed E-state index contributed by atoms with van der Waals surface area (Å²) in [4.78, 5) is 29.3. The molecule has 1 aliphatic heterocycles. The van der Waals surface area contributed by atoms with Gasteiger partial charge in [-0.3, -0.25) is 9.69 Å². The maximum atomic E-state index is 12.2. The van der Waals surface area contributed by atoms with E-state index in [0.29, 0.717) is 18.7 Å². The normalized spacial score (nSPS) is 15.0. The maximum Gasteiger partial charge on any atom is 0.338 e. The van der Waals surface area contributed by atoms with Crippen molar-refractivity contribution in [3.05, 3.63) is 51.2 Å². The Kier molecular flexibility index (Phi) is 6.13. The van der Waals surface area contributed by atoms with E-state index in [4.69, 9.17) is 16.3 Å². The first kappa shape index (κ1) is 18.7. The number of nitrogens with zero attached hydrogens (tertiary/aromatic N) is 2. The summed E-state index contributed by atoms with van der Waals surface area (Å²) in [5.74, 6) is -0.706. The first-order chi connectivity index (χ1) is 12.5. The van der Waals surface area contributed by atoms with Gasteiger partial charge >= 0.3 is 5.97 Å². The van der Waals surface area contributed by atoms with E-state index in [1.165, 1.54) is 29.1 Å². The van der Waals surface area contributed by atoms with Gasteiger partial charge in [0.25, 0.3) is 5.91 Å². The highest BCUT2D eigenvalue weighted by Crippen LogP contribution is 2.23. The summed E-state index contributed by atoms with van der Waals surface area (Å²) in [5.41, 5.74) is 0.301. The minimum Gasteiger partial charge on any atom is -0.508 e. The van der Waals surface area contributed by atoms with Crippen LogP contribution in [0.15, 0.2) is 36.4 Å². The number of ether oxygens (including phenoxy) is 1. The number of phenolic OH excluding ortho intramolecular Hbond substituents is 1. The van der Waals surface area contributed by atoms with Crippen molar-refractivity contribution in [2.75, 3.05) is 32.8 Å². The van der Waals surface area contributed by atoms with E-state index >= 15 is 0 Å². The molecule has 0 unspecified atom stereocenters. The molecule has 1 aromatic carbocycles. The molecule has 0 atom stereocenters. The molecule has 3 rings (SSSR count). The van der Waals surface area contributed by atoms with Crippen molar-refractivity contribution in [1.82, 2.24) is 9.80 Å². The number of rotatable bonds is 5. The summed E-state index contributed by atoms with van der Waals surface area (Å²) >= 11 is 7.52. The van der Waals surface area contributed by atoms with E-state index in [1.54, 1.807) is 16.2 Å². The molecule has 138 valence electrons. The van der Waals surface area contributed by atoms with Crippen LogP contribution in [0.2, 0.25) is 4.34 Å². The van der Waals surface area contributed by atoms with Crippen LogP contribution >= 0.6 is 22.9 Å². The summed E-state index contributed by atoms with van der Waals surface area (Å²) in [5, 5.41) is 9.22. The third-order valence-corrected chi connectivity index (χ3v) is 5.38. The minimum atomic E-state index is -0.577. The Morgan fingerprint density at radius 3 is 2.38 bits per heavy atom. The fraction of sp³-hybridized carbons (Fsp3) is 0.333. The predicted octanol–water partition coefficient (Wildman–Crippen LogP) is 2.61.